The van der Waals surface area contributed by atoms with Crippen molar-refractivity contribution in [1.29, 1.82) is 0 Å². The molecule has 0 heterocycles. The second kappa shape index (κ2) is 15.0. The average Bonchev–Trinajstić information content (AvgIpc) is 3.09. The molecule has 212 valence electrons. The molecule has 6 aromatic carbocycles. The summed E-state index contributed by atoms with van der Waals surface area (Å²) in [5, 5.41) is 3.31. The molecule has 43 heavy (non-hydrogen) atoms. The van der Waals surface area contributed by atoms with Gasteiger partial charge in [0.25, 0.3) is 0 Å². The van der Waals surface area contributed by atoms with Crippen molar-refractivity contribution in [2.24, 2.45) is 0 Å². The molecule has 0 aliphatic carbocycles. The van der Waals surface area contributed by atoms with Gasteiger partial charge in [-0.15, -0.1) is 0 Å². The zero-order valence-corrected chi connectivity index (χ0v) is 29.7. The first-order valence-electron chi connectivity index (χ1n) is 14.2. The molecule has 0 aliphatic rings. The third-order valence-electron chi connectivity index (χ3n) is 7.07. The first-order chi connectivity index (χ1) is 21.2. The Morgan fingerprint density at radius 2 is 0.744 bits per heavy atom. The van der Waals surface area contributed by atoms with Gasteiger partial charge in [-0.05, 0) is 0 Å². The summed E-state index contributed by atoms with van der Waals surface area (Å²) in [6.45, 7) is 0. The Morgan fingerprint density at radius 1 is 0.442 bits per heavy atom. The van der Waals surface area contributed by atoms with Crippen LogP contribution in [0.15, 0.2) is 182 Å². The number of benzene rings is 6. The minimum absolute atomic E-state index is 0.00233. The third kappa shape index (κ3) is 7.23. The van der Waals surface area contributed by atoms with Crippen LogP contribution < -0.4 is 30.1 Å². The summed E-state index contributed by atoms with van der Waals surface area (Å²) < 4.78 is 19.4. The van der Waals surface area contributed by atoms with Crippen LogP contribution in [0.5, 0.6) is 0 Å². The number of rotatable bonds is 11. The Balaban J connectivity index is 1.66. The summed E-state index contributed by atoms with van der Waals surface area (Å²) in [6, 6.07) is 64.7. The molecule has 6 heteroatoms. The molecule has 0 aromatic heterocycles. The molecule has 0 spiro atoms. The van der Waals surface area contributed by atoms with Gasteiger partial charge in [-0.2, -0.15) is 0 Å². The van der Waals surface area contributed by atoms with Crippen LogP contribution in [0, 0.1) is 0 Å². The molecule has 0 saturated heterocycles. The Bertz CT molecular complexity index is 1620. The zero-order valence-electron chi connectivity index (χ0n) is 23.5. The van der Waals surface area contributed by atoms with E-state index in [0.717, 1.165) is 10.6 Å². The quantitative estimate of drug-likeness (QED) is 0.109. The van der Waals surface area contributed by atoms with Crippen LogP contribution in [-0.4, -0.2) is 34.2 Å². The van der Waals surface area contributed by atoms with Crippen LogP contribution in [0.1, 0.15) is 0 Å². The molecule has 0 radical (unpaired) electrons. The standard InChI is InChI=1S/C37H31OP3Se2/c38-41(33-23-11-3-12-24-33,34-25-13-4-14-26-34)37(39(31-19-7-1-8-20-31)32-21-9-2-10-22-32)40(42-35-27-15-5-16-28-35)43-36-29-17-6-18-30-36/h1-30,37H/p+1. The predicted octanol–water partition coefficient (Wildman–Crippen LogP) is 6.52. The van der Waals surface area contributed by atoms with E-state index in [4.69, 9.17) is 0 Å². The summed E-state index contributed by atoms with van der Waals surface area (Å²) in [7, 11) is -4.11. The van der Waals surface area contributed by atoms with E-state index >= 15 is 4.57 Å². The molecule has 0 aliphatic heterocycles. The van der Waals surface area contributed by atoms with E-state index in [9.17, 15) is 0 Å². The van der Waals surface area contributed by atoms with Gasteiger partial charge in [-0.3, -0.25) is 0 Å². The molecule has 0 bridgehead atoms. The Labute approximate surface area is 269 Å². The van der Waals surface area contributed by atoms with Gasteiger partial charge in [0.15, 0.2) is 0 Å². The summed E-state index contributed by atoms with van der Waals surface area (Å²) in [6.07, 6.45) is 0. The van der Waals surface area contributed by atoms with Crippen LogP contribution >= 0.6 is 20.4 Å². The van der Waals surface area contributed by atoms with Crippen LogP contribution in [0.25, 0.3) is 0 Å². The molecule has 1 unspecified atom stereocenters. The van der Waals surface area contributed by atoms with E-state index < -0.39 is 20.4 Å². The summed E-state index contributed by atoms with van der Waals surface area (Å²) in [5.74, 6) is 0. The van der Waals surface area contributed by atoms with Crippen molar-refractivity contribution in [2.45, 2.75) is 5.14 Å². The van der Waals surface area contributed by atoms with Crippen molar-refractivity contribution < 1.29 is 4.57 Å². The molecule has 0 fully saturated rings. The van der Waals surface area contributed by atoms with Gasteiger partial charge in [-0.25, -0.2) is 0 Å². The first kappa shape index (κ1) is 30.5. The van der Waals surface area contributed by atoms with Crippen molar-refractivity contribution in [2.75, 3.05) is 0 Å². The van der Waals surface area contributed by atoms with Gasteiger partial charge in [0.1, 0.15) is 0 Å². The van der Waals surface area contributed by atoms with Crippen LogP contribution in [-0.2, 0) is 4.57 Å². The minimum atomic E-state index is -3.15. The van der Waals surface area contributed by atoms with E-state index in [1.807, 2.05) is 12.1 Å². The topological polar surface area (TPSA) is 17.1 Å². The number of hydrogen-bond acceptors (Lipinski definition) is 1. The Kier molecular flexibility index (Phi) is 10.6. The SMILES string of the molecule is O=P(c1ccccc1)(c1ccccc1)C(P(c1ccccc1)c1ccccc1)[PH+]([Se]c1ccccc1)[Se]c1ccccc1. The van der Waals surface area contributed by atoms with Crippen LogP contribution in [0.4, 0.5) is 0 Å². The number of hydrogen-bond donors (Lipinski definition) is 0. The maximum atomic E-state index is 16.6. The zero-order chi connectivity index (χ0) is 29.3. The monoisotopic (exact) mass is 745 g/mol. The maximum absolute atomic E-state index is 16.6. The average molecular weight is 744 g/mol. The van der Waals surface area contributed by atoms with E-state index in [1.54, 1.807) is 0 Å². The van der Waals surface area contributed by atoms with Crippen molar-refractivity contribution >= 4 is 79.5 Å². The van der Waals surface area contributed by atoms with Crippen LogP contribution in [0.3, 0.4) is 0 Å². The molecule has 1 atom stereocenters. The fraction of sp³-hybridized carbons (Fsp3) is 0.0270. The fourth-order valence-electron chi connectivity index (χ4n) is 5.09. The van der Waals surface area contributed by atoms with Gasteiger partial charge in [0, 0.05) is 0 Å². The normalized spacial score (nSPS) is 12.3. The first-order valence-corrected chi connectivity index (χ1v) is 25.6. The van der Waals surface area contributed by atoms with E-state index in [0.29, 0.717) is 0 Å². The van der Waals surface area contributed by atoms with Crippen molar-refractivity contribution in [3.8, 4) is 0 Å². The molecule has 6 rings (SSSR count). The Morgan fingerprint density at radius 3 is 1.09 bits per heavy atom. The molecule has 6 aromatic rings. The molecule has 1 nitrogen and oxygen atoms in total. The van der Waals surface area contributed by atoms with Gasteiger partial charge in [0.05, 0.1) is 0 Å². The van der Waals surface area contributed by atoms with Crippen molar-refractivity contribution in [3.05, 3.63) is 182 Å². The van der Waals surface area contributed by atoms with Crippen LogP contribution in [0.2, 0.25) is 0 Å². The van der Waals surface area contributed by atoms with Gasteiger partial charge in [-0.1, -0.05) is 0 Å². The third-order valence-corrected chi connectivity index (χ3v) is 38.2. The van der Waals surface area contributed by atoms with Gasteiger partial charge < -0.3 is 0 Å². The predicted molar refractivity (Wildman–Crippen MR) is 195 cm³/mol. The van der Waals surface area contributed by atoms with E-state index in [-0.39, 0.29) is 34.2 Å². The summed E-state index contributed by atoms with van der Waals surface area (Å²) in [4.78, 5) is 0. The second-order valence-corrected chi connectivity index (χ2v) is 32.1. The fourth-order valence-corrected chi connectivity index (χ4v) is 44.2. The molecule has 0 saturated carbocycles. The molecule has 0 amide bonds. The van der Waals surface area contributed by atoms with Gasteiger partial charge in [0.2, 0.25) is 0 Å². The molecular weight excluding hydrogens is 711 g/mol. The van der Waals surface area contributed by atoms with Crippen molar-refractivity contribution in [1.82, 2.24) is 0 Å². The van der Waals surface area contributed by atoms with E-state index in [1.165, 1.54) is 19.5 Å². The summed E-state index contributed by atoms with van der Waals surface area (Å²) in [5.41, 5.74) is 0. The van der Waals surface area contributed by atoms with Crippen molar-refractivity contribution in [3.63, 3.8) is 0 Å². The van der Waals surface area contributed by atoms with Gasteiger partial charge >= 0.3 is 271 Å². The molecular formula is C37H32OP3Se2+. The van der Waals surface area contributed by atoms with E-state index in [2.05, 4.69) is 170 Å². The molecule has 0 N–H and O–H groups in total. The second-order valence-electron chi connectivity index (χ2n) is 9.89. The summed E-state index contributed by atoms with van der Waals surface area (Å²) >= 11 is 0.381. The Hall–Kier alpha value is -2.55.